The smallest absolute Gasteiger partial charge is 0.132 e. The highest BCUT2D eigenvalue weighted by molar-refractivity contribution is 5.77. The summed E-state index contributed by atoms with van der Waals surface area (Å²) in [4.78, 5) is 13.5. The van der Waals surface area contributed by atoms with Crippen LogP contribution in [-0.4, -0.2) is 41.5 Å². The van der Waals surface area contributed by atoms with Crippen molar-refractivity contribution in [1.29, 1.82) is 0 Å². The first-order valence-corrected chi connectivity index (χ1v) is 6.14. The first kappa shape index (κ1) is 12.7. The highest BCUT2D eigenvalue weighted by Crippen LogP contribution is 2.17. The number of aliphatic hydroxyl groups is 1. The normalized spacial score (nSPS) is 22.9. The lowest BCUT2D eigenvalue weighted by Gasteiger charge is -2.34. The van der Waals surface area contributed by atoms with Crippen LogP contribution in [0.3, 0.4) is 0 Å². The lowest BCUT2D eigenvalue weighted by Crippen LogP contribution is -2.42. The first-order valence-electron chi connectivity index (χ1n) is 6.14. The van der Waals surface area contributed by atoms with E-state index in [1.807, 2.05) is 6.92 Å². The summed E-state index contributed by atoms with van der Waals surface area (Å²) in [7, 11) is 0. The van der Waals surface area contributed by atoms with Crippen LogP contribution in [0.15, 0.2) is 0 Å². The third-order valence-electron chi connectivity index (χ3n) is 3.26. The highest BCUT2D eigenvalue weighted by Gasteiger charge is 2.20. The Kier molecular flexibility index (Phi) is 5.88. The number of piperidine rings is 1. The molecule has 0 amide bonds. The van der Waals surface area contributed by atoms with E-state index in [4.69, 9.17) is 0 Å². The average Bonchev–Trinajstić information content (AvgIpc) is 2.29. The molecule has 0 spiro atoms. The van der Waals surface area contributed by atoms with Crippen molar-refractivity contribution in [2.24, 2.45) is 0 Å². The molecule has 0 aromatic carbocycles. The van der Waals surface area contributed by atoms with E-state index in [0.717, 1.165) is 25.9 Å². The third-order valence-corrected chi connectivity index (χ3v) is 3.26. The van der Waals surface area contributed by atoms with Crippen molar-refractivity contribution >= 4 is 5.78 Å². The molecule has 3 heteroatoms. The van der Waals surface area contributed by atoms with Crippen molar-refractivity contribution in [2.45, 2.75) is 51.5 Å². The molecular formula is C12H23NO2. The van der Waals surface area contributed by atoms with Gasteiger partial charge in [-0.1, -0.05) is 13.3 Å². The monoisotopic (exact) mass is 213 g/mol. The number of nitrogens with zero attached hydrogens (tertiary/aromatic N) is 1. The van der Waals surface area contributed by atoms with Crippen molar-refractivity contribution in [2.75, 3.05) is 19.7 Å². The predicted molar refractivity (Wildman–Crippen MR) is 60.8 cm³/mol. The van der Waals surface area contributed by atoms with Gasteiger partial charge < -0.3 is 5.11 Å². The average molecular weight is 213 g/mol. The molecule has 0 aliphatic carbocycles. The Balaban J connectivity index is 2.20. The van der Waals surface area contributed by atoms with Crippen LogP contribution in [0, 0.1) is 0 Å². The van der Waals surface area contributed by atoms with E-state index in [2.05, 4.69) is 4.90 Å². The molecule has 1 heterocycles. The number of carbonyl (C=O) groups is 1. The maximum absolute atomic E-state index is 11.1. The standard InChI is InChI=1S/C12H23NO2/c1-2-12(15)7-5-9-13-8-4-3-6-11(13)10-14/h11,14H,2-10H2,1H3. The number of likely N-dealkylation sites (tertiary alicyclic amines) is 1. The molecule has 1 aliphatic heterocycles. The largest absolute Gasteiger partial charge is 0.395 e. The highest BCUT2D eigenvalue weighted by atomic mass is 16.3. The number of ketones is 1. The van der Waals surface area contributed by atoms with Crippen molar-refractivity contribution in [3.05, 3.63) is 0 Å². The molecule has 1 rings (SSSR count). The fraction of sp³-hybridized carbons (Fsp3) is 0.917. The van der Waals surface area contributed by atoms with Gasteiger partial charge in [-0.3, -0.25) is 9.69 Å². The Morgan fingerprint density at radius 3 is 2.93 bits per heavy atom. The molecule has 1 unspecified atom stereocenters. The van der Waals surface area contributed by atoms with Crippen molar-refractivity contribution in [3.63, 3.8) is 0 Å². The van der Waals surface area contributed by atoms with E-state index in [0.29, 0.717) is 24.7 Å². The molecule has 0 aromatic heterocycles. The number of aliphatic hydroxyl groups excluding tert-OH is 1. The van der Waals surface area contributed by atoms with Crippen LogP contribution >= 0.6 is 0 Å². The van der Waals surface area contributed by atoms with E-state index < -0.39 is 0 Å². The summed E-state index contributed by atoms with van der Waals surface area (Å²) in [5.74, 6) is 0.354. The number of carbonyl (C=O) groups excluding carboxylic acids is 1. The number of rotatable bonds is 6. The Bertz CT molecular complexity index is 194. The molecule has 1 saturated heterocycles. The zero-order valence-corrected chi connectivity index (χ0v) is 9.74. The second-order valence-corrected chi connectivity index (χ2v) is 4.36. The molecule has 15 heavy (non-hydrogen) atoms. The summed E-state index contributed by atoms with van der Waals surface area (Å²) in [6.45, 7) is 4.24. The Labute approximate surface area is 92.5 Å². The molecule has 0 saturated carbocycles. The summed E-state index contributed by atoms with van der Waals surface area (Å²) in [5, 5.41) is 9.21. The number of Topliss-reactive ketones (excluding diaryl/α,β-unsaturated/α-hetero) is 1. The maximum Gasteiger partial charge on any atom is 0.132 e. The van der Waals surface area contributed by atoms with Crippen LogP contribution in [0.4, 0.5) is 0 Å². The molecule has 88 valence electrons. The summed E-state index contributed by atoms with van der Waals surface area (Å²) in [6.07, 6.45) is 5.88. The van der Waals surface area contributed by atoms with E-state index in [1.165, 1.54) is 12.8 Å². The summed E-state index contributed by atoms with van der Waals surface area (Å²) in [6, 6.07) is 0.343. The summed E-state index contributed by atoms with van der Waals surface area (Å²) >= 11 is 0. The van der Waals surface area contributed by atoms with Gasteiger partial charge in [-0.15, -0.1) is 0 Å². The Morgan fingerprint density at radius 2 is 2.27 bits per heavy atom. The summed E-state index contributed by atoms with van der Waals surface area (Å²) < 4.78 is 0. The molecule has 1 fully saturated rings. The molecule has 0 radical (unpaired) electrons. The molecular weight excluding hydrogens is 190 g/mol. The van der Waals surface area contributed by atoms with Gasteiger partial charge in [0.2, 0.25) is 0 Å². The Hall–Kier alpha value is -0.410. The minimum Gasteiger partial charge on any atom is -0.395 e. The van der Waals surface area contributed by atoms with Crippen LogP contribution in [0.2, 0.25) is 0 Å². The molecule has 3 nitrogen and oxygen atoms in total. The first-order chi connectivity index (χ1) is 7.27. The Morgan fingerprint density at radius 1 is 1.47 bits per heavy atom. The van der Waals surface area contributed by atoms with E-state index >= 15 is 0 Å². The lowest BCUT2D eigenvalue weighted by atomic mass is 10.0. The van der Waals surface area contributed by atoms with Gasteiger partial charge in [-0.05, 0) is 32.4 Å². The number of hydrogen-bond donors (Lipinski definition) is 1. The van der Waals surface area contributed by atoms with Gasteiger partial charge in [0.25, 0.3) is 0 Å². The van der Waals surface area contributed by atoms with Gasteiger partial charge >= 0.3 is 0 Å². The van der Waals surface area contributed by atoms with Crippen LogP contribution in [0.5, 0.6) is 0 Å². The van der Waals surface area contributed by atoms with Gasteiger partial charge in [-0.2, -0.15) is 0 Å². The zero-order chi connectivity index (χ0) is 11.1. The molecule has 0 aromatic rings. The van der Waals surface area contributed by atoms with Gasteiger partial charge in [0.15, 0.2) is 0 Å². The fourth-order valence-corrected chi connectivity index (χ4v) is 2.22. The lowest BCUT2D eigenvalue weighted by molar-refractivity contribution is -0.118. The van der Waals surface area contributed by atoms with Gasteiger partial charge in [-0.25, -0.2) is 0 Å². The molecule has 1 aliphatic rings. The van der Waals surface area contributed by atoms with Crippen molar-refractivity contribution in [3.8, 4) is 0 Å². The number of hydrogen-bond acceptors (Lipinski definition) is 3. The van der Waals surface area contributed by atoms with Crippen LogP contribution < -0.4 is 0 Å². The van der Waals surface area contributed by atoms with E-state index in [9.17, 15) is 9.90 Å². The van der Waals surface area contributed by atoms with Crippen LogP contribution in [-0.2, 0) is 4.79 Å². The van der Waals surface area contributed by atoms with Crippen molar-refractivity contribution in [1.82, 2.24) is 4.90 Å². The molecule has 1 N–H and O–H groups in total. The van der Waals surface area contributed by atoms with Crippen LogP contribution in [0.25, 0.3) is 0 Å². The second kappa shape index (κ2) is 6.96. The minimum absolute atomic E-state index is 0.266. The quantitative estimate of drug-likeness (QED) is 0.728. The topological polar surface area (TPSA) is 40.5 Å². The summed E-state index contributed by atoms with van der Waals surface area (Å²) in [5.41, 5.74) is 0. The second-order valence-electron chi connectivity index (χ2n) is 4.36. The fourth-order valence-electron chi connectivity index (χ4n) is 2.22. The molecule has 1 atom stereocenters. The van der Waals surface area contributed by atoms with Crippen molar-refractivity contribution < 1.29 is 9.90 Å². The van der Waals surface area contributed by atoms with Gasteiger partial charge in [0, 0.05) is 18.9 Å². The predicted octanol–water partition coefficient (Wildman–Crippen LogP) is 1.59. The molecule has 0 bridgehead atoms. The van der Waals surface area contributed by atoms with Gasteiger partial charge in [0.05, 0.1) is 6.61 Å². The zero-order valence-electron chi connectivity index (χ0n) is 9.74. The maximum atomic E-state index is 11.1. The van der Waals surface area contributed by atoms with E-state index in [-0.39, 0.29) is 6.61 Å². The SMILES string of the molecule is CCC(=O)CCCN1CCCCC1CO. The minimum atomic E-state index is 0.266. The van der Waals surface area contributed by atoms with E-state index in [1.54, 1.807) is 0 Å². The van der Waals surface area contributed by atoms with Crippen LogP contribution in [0.1, 0.15) is 45.4 Å². The third kappa shape index (κ3) is 4.31. The van der Waals surface area contributed by atoms with Gasteiger partial charge in [0.1, 0.15) is 5.78 Å².